The van der Waals surface area contributed by atoms with Crippen LogP contribution in [0.25, 0.3) is 5.69 Å². The first-order chi connectivity index (χ1) is 16.1. The minimum absolute atomic E-state index is 0.0179. The molecule has 4 rings (SSSR count). The number of benzene rings is 3. The summed E-state index contributed by atoms with van der Waals surface area (Å²) in [5, 5.41) is 9.09. The number of thioether (sulfide) groups is 1. The van der Waals surface area contributed by atoms with Gasteiger partial charge in [-0.2, -0.15) is 0 Å². The van der Waals surface area contributed by atoms with Crippen LogP contribution in [0.1, 0.15) is 11.4 Å². The highest BCUT2D eigenvalue weighted by Crippen LogP contribution is 2.24. The predicted molar refractivity (Wildman–Crippen MR) is 126 cm³/mol. The van der Waals surface area contributed by atoms with Crippen LogP contribution in [0.15, 0.2) is 90.1 Å². The fourth-order valence-corrected chi connectivity index (χ4v) is 4.12. The minimum Gasteiger partial charge on any atom is -0.483 e. The quantitative estimate of drug-likeness (QED) is 0.337. The van der Waals surface area contributed by atoms with E-state index < -0.39 is 5.82 Å². The zero-order chi connectivity index (χ0) is 23.0. The molecule has 0 unspecified atom stereocenters. The maximum Gasteiger partial charge on any atom is 0.233 e. The van der Waals surface area contributed by atoms with Crippen LogP contribution in [0.5, 0.6) is 5.75 Å². The molecular weight excluding hydrogens is 439 g/mol. The van der Waals surface area contributed by atoms with Crippen LogP contribution < -0.4 is 4.74 Å². The summed E-state index contributed by atoms with van der Waals surface area (Å²) in [5.41, 5.74) is 1.90. The van der Waals surface area contributed by atoms with Crippen LogP contribution in [-0.2, 0) is 17.9 Å². The molecule has 1 heterocycles. The molecule has 0 aliphatic heterocycles. The van der Waals surface area contributed by atoms with Crippen LogP contribution in [0, 0.1) is 5.82 Å². The highest BCUT2D eigenvalue weighted by atomic mass is 32.2. The van der Waals surface area contributed by atoms with Gasteiger partial charge in [0.2, 0.25) is 5.91 Å². The molecule has 0 bridgehead atoms. The van der Waals surface area contributed by atoms with Crippen LogP contribution in [-0.4, -0.2) is 38.4 Å². The Hall–Kier alpha value is -3.65. The molecule has 4 aromatic rings. The summed E-state index contributed by atoms with van der Waals surface area (Å²) in [4.78, 5) is 14.4. The summed E-state index contributed by atoms with van der Waals surface area (Å²) >= 11 is 1.30. The van der Waals surface area contributed by atoms with Gasteiger partial charge in [-0.05, 0) is 29.8 Å². The van der Waals surface area contributed by atoms with Crippen molar-refractivity contribution in [3.05, 3.63) is 102 Å². The number of hydrogen-bond donors (Lipinski definition) is 0. The molecule has 0 saturated carbocycles. The fraction of sp³-hybridized carbons (Fsp3) is 0.160. The van der Waals surface area contributed by atoms with Crippen molar-refractivity contribution in [2.45, 2.75) is 18.3 Å². The molecule has 1 amide bonds. The number of carbonyl (C=O) groups is 1. The average molecular weight is 463 g/mol. The summed E-state index contributed by atoms with van der Waals surface area (Å²) < 4.78 is 21.4. The molecule has 6 nitrogen and oxygen atoms in total. The van der Waals surface area contributed by atoms with Gasteiger partial charge in [0.25, 0.3) is 0 Å². The predicted octanol–water partition coefficient (Wildman–Crippen LogP) is 4.74. The number of rotatable bonds is 9. The number of hydrogen-bond acceptors (Lipinski definition) is 5. The third-order valence-corrected chi connectivity index (χ3v) is 5.83. The molecule has 0 fully saturated rings. The Labute approximate surface area is 196 Å². The van der Waals surface area contributed by atoms with Crippen LogP contribution in [0.4, 0.5) is 4.39 Å². The number of nitrogens with zero attached hydrogens (tertiary/aromatic N) is 4. The molecule has 8 heteroatoms. The number of para-hydroxylation sites is 2. The number of carbonyl (C=O) groups excluding carboxylic acids is 1. The average Bonchev–Trinajstić information content (AvgIpc) is 3.26. The Morgan fingerprint density at radius 2 is 1.64 bits per heavy atom. The molecule has 0 aliphatic carbocycles. The van der Waals surface area contributed by atoms with E-state index >= 15 is 0 Å². The Morgan fingerprint density at radius 1 is 0.970 bits per heavy atom. The van der Waals surface area contributed by atoms with E-state index in [1.165, 1.54) is 17.8 Å². The fourth-order valence-electron chi connectivity index (χ4n) is 3.21. The third kappa shape index (κ3) is 5.78. The Kier molecular flexibility index (Phi) is 7.36. The number of halogens is 1. The lowest BCUT2D eigenvalue weighted by atomic mass is 10.2. The summed E-state index contributed by atoms with van der Waals surface area (Å²) in [6, 6.07) is 25.6. The van der Waals surface area contributed by atoms with Crippen molar-refractivity contribution in [3.8, 4) is 11.4 Å². The summed E-state index contributed by atoms with van der Waals surface area (Å²) in [5.74, 6) is 0.410. The monoisotopic (exact) mass is 462 g/mol. The van der Waals surface area contributed by atoms with E-state index in [1.54, 1.807) is 30.1 Å². The van der Waals surface area contributed by atoms with Crippen LogP contribution in [0.3, 0.4) is 0 Å². The lowest BCUT2D eigenvalue weighted by molar-refractivity contribution is -0.127. The van der Waals surface area contributed by atoms with Crippen molar-refractivity contribution in [1.29, 1.82) is 0 Å². The Balaban J connectivity index is 1.48. The molecule has 0 radical (unpaired) electrons. The van der Waals surface area contributed by atoms with E-state index in [1.807, 2.05) is 65.2 Å². The molecule has 0 aliphatic rings. The normalized spacial score (nSPS) is 10.7. The van der Waals surface area contributed by atoms with Crippen LogP contribution >= 0.6 is 11.8 Å². The molecule has 0 N–H and O–H groups in total. The van der Waals surface area contributed by atoms with Crippen molar-refractivity contribution in [2.24, 2.45) is 0 Å². The van der Waals surface area contributed by atoms with E-state index in [4.69, 9.17) is 4.74 Å². The van der Waals surface area contributed by atoms with Crippen molar-refractivity contribution < 1.29 is 13.9 Å². The van der Waals surface area contributed by atoms with Gasteiger partial charge in [0.05, 0.1) is 5.75 Å². The first kappa shape index (κ1) is 22.5. The maximum atomic E-state index is 13.9. The van der Waals surface area contributed by atoms with Crippen molar-refractivity contribution in [2.75, 3.05) is 12.8 Å². The van der Waals surface area contributed by atoms with E-state index in [0.29, 0.717) is 17.5 Å². The van der Waals surface area contributed by atoms with Gasteiger partial charge in [0.15, 0.2) is 22.5 Å². The van der Waals surface area contributed by atoms with E-state index in [0.717, 1.165) is 11.3 Å². The van der Waals surface area contributed by atoms with E-state index in [9.17, 15) is 9.18 Å². The highest BCUT2D eigenvalue weighted by Gasteiger charge is 2.18. The highest BCUT2D eigenvalue weighted by molar-refractivity contribution is 7.99. The van der Waals surface area contributed by atoms with E-state index in [-0.39, 0.29) is 24.0 Å². The van der Waals surface area contributed by atoms with Gasteiger partial charge in [0, 0.05) is 19.3 Å². The van der Waals surface area contributed by atoms with Gasteiger partial charge in [-0.3, -0.25) is 9.36 Å². The lowest BCUT2D eigenvalue weighted by Gasteiger charge is -2.17. The summed E-state index contributed by atoms with van der Waals surface area (Å²) in [7, 11) is 1.78. The minimum atomic E-state index is -0.440. The Morgan fingerprint density at radius 3 is 2.36 bits per heavy atom. The SMILES string of the molecule is CN(Cc1ccccc1)C(=O)CSc1nnc(COc2ccccc2F)n1-c1ccccc1. The van der Waals surface area contributed by atoms with E-state index in [2.05, 4.69) is 10.2 Å². The standard InChI is InChI=1S/C25H23FN4O2S/c1-29(16-19-10-4-2-5-11-19)24(31)18-33-25-28-27-23(30(25)20-12-6-3-7-13-20)17-32-22-15-9-8-14-21(22)26/h2-15H,16-18H2,1H3. The molecule has 3 aromatic carbocycles. The summed E-state index contributed by atoms with van der Waals surface area (Å²) in [6.45, 7) is 0.568. The van der Waals surface area contributed by atoms with Crippen molar-refractivity contribution in [3.63, 3.8) is 0 Å². The van der Waals surface area contributed by atoms with Crippen LogP contribution in [0.2, 0.25) is 0 Å². The first-order valence-corrected chi connectivity index (χ1v) is 11.4. The van der Waals surface area contributed by atoms with Gasteiger partial charge in [0.1, 0.15) is 6.61 Å². The number of ether oxygens (including phenoxy) is 1. The molecule has 0 saturated heterocycles. The number of amides is 1. The molecule has 33 heavy (non-hydrogen) atoms. The van der Waals surface area contributed by atoms with Gasteiger partial charge >= 0.3 is 0 Å². The molecule has 1 aromatic heterocycles. The zero-order valence-electron chi connectivity index (χ0n) is 18.1. The second-order valence-corrected chi connectivity index (χ2v) is 8.26. The largest absolute Gasteiger partial charge is 0.483 e. The molecule has 0 spiro atoms. The second kappa shape index (κ2) is 10.8. The summed E-state index contributed by atoms with van der Waals surface area (Å²) in [6.07, 6.45) is 0. The van der Waals surface area contributed by atoms with Gasteiger partial charge in [-0.1, -0.05) is 72.4 Å². The smallest absolute Gasteiger partial charge is 0.233 e. The first-order valence-electron chi connectivity index (χ1n) is 10.4. The topological polar surface area (TPSA) is 60.3 Å². The lowest BCUT2D eigenvalue weighted by Crippen LogP contribution is -2.27. The van der Waals surface area contributed by atoms with Crippen molar-refractivity contribution >= 4 is 17.7 Å². The molecule has 0 atom stereocenters. The second-order valence-electron chi connectivity index (χ2n) is 7.31. The maximum absolute atomic E-state index is 13.9. The zero-order valence-corrected chi connectivity index (χ0v) is 18.9. The third-order valence-electron chi connectivity index (χ3n) is 4.92. The molecular formula is C25H23FN4O2S. The van der Waals surface area contributed by atoms with Gasteiger partial charge in [-0.25, -0.2) is 4.39 Å². The van der Waals surface area contributed by atoms with Gasteiger partial charge < -0.3 is 9.64 Å². The number of aromatic nitrogens is 3. The van der Waals surface area contributed by atoms with Crippen molar-refractivity contribution in [1.82, 2.24) is 19.7 Å². The Bertz CT molecular complexity index is 1200. The van der Waals surface area contributed by atoms with Gasteiger partial charge in [-0.15, -0.1) is 10.2 Å². The molecule has 168 valence electrons.